The Labute approximate surface area is 213 Å². The summed E-state index contributed by atoms with van der Waals surface area (Å²) < 4.78 is 11.6. The quantitative estimate of drug-likeness (QED) is 0.185. The Balaban J connectivity index is 1.56. The van der Waals surface area contributed by atoms with Crippen molar-refractivity contribution in [1.82, 2.24) is 9.97 Å². The molecule has 1 atom stereocenters. The molecule has 0 aliphatic carbocycles. The lowest BCUT2D eigenvalue weighted by atomic mass is 9.90. The Hall–Kier alpha value is -1.81. The molecule has 1 N–H and O–H groups in total. The summed E-state index contributed by atoms with van der Waals surface area (Å²) in [5.74, 6) is 1.98. The fraction of sp³-hybridized carbons (Fsp3) is 0.480. The SMILES string of the molecule is CCCSc1nc(SCC(=O)Nc2ccc(OCC)cc2)c2c3c(sc2n1)CO[C@](C)(CC)C3. The number of hydrogen-bond acceptors (Lipinski definition) is 8. The van der Waals surface area contributed by atoms with Crippen molar-refractivity contribution in [3.63, 3.8) is 0 Å². The molecule has 0 fully saturated rings. The highest BCUT2D eigenvalue weighted by Crippen LogP contribution is 2.43. The minimum Gasteiger partial charge on any atom is -0.494 e. The van der Waals surface area contributed by atoms with Crippen LogP contribution in [0.1, 0.15) is 51.0 Å². The highest BCUT2D eigenvalue weighted by atomic mass is 32.2. The summed E-state index contributed by atoms with van der Waals surface area (Å²) in [5, 5.41) is 5.75. The Kier molecular flexibility index (Phi) is 8.39. The first-order valence-electron chi connectivity index (χ1n) is 11.7. The molecule has 182 valence electrons. The van der Waals surface area contributed by atoms with Gasteiger partial charge in [0.25, 0.3) is 0 Å². The molecule has 1 aromatic carbocycles. The van der Waals surface area contributed by atoms with Crippen molar-refractivity contribution in [2.75, 3.05) is 23.4 Å². The number of nitrogens with one attached hydrogen (secondary N) is 1. The topological polar surface area (TPSA) is 73.3 Å². The fourth-order valence-electron chi connectivity index (χ4n) is 3.74. The van der Waals surface area contributed by atoms with Crippen LogP contribution in [-0.4, -0.2) is 39.6 Å². The molecule has 1 amide bonds. The van der Waals surface area contributed by atoms with Crippen LogP contribution in [0.3, 0.4) is 0 Å². The monoisotopic (exact) mass is 517 g/mol. The number of anilines is 1. The number of rotatable bonds is 10. The van der Waals surface area contributed by atoms with Crippen LogP contribution in [0.5, 0.6) is 5.75 Å². The summed E-state index contributed by atoms with van der Waals surface area (Å²) in [6.45, 7) is 9.66. The average Bonchev–Trinajstić information content (AvgIpc) is 3.20. The molecule has 1 aliphatic heterocycles. The van der Waals surface area contributed by atoms with E-state index in [0.717, 1.165) is 56.9 Å². The van der Waals surface area contributed by atoms with Gasteiger partial charge in [0.05, 0.1) is 24.6 Å². The van der Waals surface area contributed by atoms with E-state index in [0.29, 0.717) is 13.2 Å². The maximum absolute atomic E-state index is 12.7. The zero-order valence-electron chi connectivity index (χ0n) is 20.1. The van der Waals surface area contributed by atoms with Gasteiger partial charge in [0, 0.05) is 28.1 Å². The molecule has 4 rings (SSSR count). The van der Waals surface area contributed by atoms with Crippen LogP contribution in [0.2, 0.25) is 0 Å². The second-order valence-electron chi connectivity index (χ2n) is 8.41. The highest BCUT2D eigenvalue weighted by Gasteiger charge is 2.33. The molecule has 9 heteroatoms. The summed E-state index contributed by atoms with van der Waals surface area (Å²) in [6, 6.07) is 7.44. The van der Waals surface area contributed by atoms with E-state index < -0.39 is 0 Å². The predicted octanol–water partition coefficient (Wildman–Crippen LogP) is 6.56. The Bertz CT molecular complexity index is 1150. The van der Waals surface area contributed by atoms with E-state index in [4.69, 9.17) is 19.4 Å². The van der Waals surface area contributed by atoms with Gasteiger partial charge in [0.2, 0.25) is 5.91 Å². The third kappa shape index (κ3) is 5.87. The number of thiophene rings is 1. The van der Waals surface area contributed by atoms with Crippen LogP contribution in [-0.2, 0) is 22.6 Å². The lowest BCUT2D eigenvalue weighted by molar-refractivity contribution is -0.113. The van der Waals surface area contributed by atoms with E-state index in [2.05, 4.69) is 26.1 Å². The largest absolute Gasteiger partial charge is 0.494 e. The molecular formula is C25H31N3O3S3. The maximum Gasteiger partial charge on any atom is 0.234 e. The van der Waals surface area contributed by atoms with Gasteiger partial charge in [-0.1, -0.05) is 37.4 Å². The zero-order chi connectivity index (χ0) is 24.1. The lowest BCUT2D eigenvalue weighted by Gasteiger charge is -2.33. The van der Waals surface area contributed by atoms with Gasteiger partial charge >= 0.3 is 0 Å². The molecule has 0 saturated heterocycles. The molecule has 3 heterocycles. The highest BCUT2D eigenvalue weighted by molar-refractivity contribution is 8.00. The first-order valence-corrected chi connectivity index (χ1v) is 14.5. The van der Waals surface area contributed by atoms with Crippen LogP contribution < -0.4 is 10.1 Å². The second-order valence-corrected chi connectivity index (χ2v) is 11.5. The second kappa shape index (κ2) is 11.3. The van der Waals surface area contributed by atoms with Crippen molar-refractivity contribution in [3.05, 3.63) is 34.7 Å². The number of hydrogen-bond donors (Lipinski definition) is 1. The van der Waals surface area contributed by atoms with Crippen molar-refractivity contribution >= 4 is 56.7 Å². The van der Waals surface area contributed by atoms with Crippen molar-refractivity contribution in [3.8, 4) is 5.75 Å². The molecule has 2 aromatic heterocycles. The van der Waals surface area contributed by atoms with Gasteiger partial charge in [-0.15, -0.1) is 11.3 Å². The Morgan fingerprint density at radius 3 is 2.71 bits per heavy atom. The summed E-state index contributed by atoms with van der Waals surface area (Å²) >= 11 is 4.85. The van der Waals surface area contributed by atoms with Crippen LogP contribution in [0.25, 0.3) is 10.2 Å². The first kappa shape index (κ1) is 25.3. The molecule has 0 spiro atoms. The van der Waals surface area contributed by atoms with Gasteiger partial charge in [-0.25, -0.2) is 9.97 Å². The lowest BCUT2D eigenvalue weighted by Crippen LogP contribution is -2.33. The number of carbonyl (C=O) groups is 1. The van der Waals surface area contributed by atoms with Gasteiger partial charge in [0.1, 0.15) is 15.6 Å². The van der Waals surface area contributed by atoms with E-state index in [-0.39, 0.29) is 17.3 Å². The van der Waals surface area contributed by atoms with E-state index in [1.807, 2.05) is 31.2 Å². The third-order valence-electron chi connectivity index (χ3n) is 5.76. The van der Waals surface area contributed by atoms with Gasteiger partial charge < -0.3 is 14.8 Å². The van der Waals surface area contributed by atoms with Gasteiger partial charge in [-0.05, 0) is 56.5 Å². The van der Waals surface area contributed by atoms with Crippen molar-refractivity contribution in [2.45, 2.75) is 69.3 Å². The molecule has 3 aromatic rings. The number of amides is 1. The van der Waals surface area contributed by atoms with E-state index in [1.165, 1.54) is 22.2 Å². The van der Waals surface area contributed by atoms with Crippen LogP contribution in [0, 0.1) is 0 Å². The molecule has 1 aliphatic rings. The van der Waals surface area contributed by atoms with Crippen molar-refractivity contribution in [2.24, 2.45) is 0 Å². The fourth-order valence-corrected chi connectivity index (χ4v) is 6.58. The maximum atomic E-state index is 12.7. The number of ether oxygens (including phenoxy) is 2. The smallest absolute Gasteiger partial charge is 0.234 e. The summed E-state index contributed by atoms with van der Waals surface area (Å²) in [7, 11) is 0. The van der Waals surface area contributed by atoms with Crippen molar-refractivity contribution in [1.29, 1.82) is 0 Å². The number of nitrogens with zero attached hydrogens (tertiary/aromatic N) is 2. The number of carbonyl (C=O) groups excluding carboxylic acids is 1. The first-order chi connectivity index (χ1) is 16.4. The van der Waals surface area contributed by atoms with E-state index >= 15 is 0 Å². The minimum atomic E-state index is -0.177. The zero-order valence-corrected chi connectivity index (χ0v) is 22.6. The summed E-state index contributed by atoms with van der Waals surface area (Å²) in [4.78, 5) is 24.7. The summed E-state index contributed by atoms with van der Waals surface area (Å²) in [5.41, 5.74) is 1.87. The van der Waals surface area contributed by atoms with Crippen molar-refractivity contribution < 1.29 is 14.3 Å². The number of thioether (sulfide) groups is 2. The number of aromatic nitrogens is 2. The molecular weight excluding hydrogens is 486 g/mol. The summed E-state index contributed by atoms with van der Waals surface area (Å²) in [6.07, 6.45) is 2.85. The molecule has 34 heavy (non-hydrogen) atoms. The molecule has 0 saturated carbocycles. The Morgan fingerprint density at radius 2 is 2.00 bits per heavy atom. The third-order valence-corrected chi connectivity index (χ3v) is 8.88. The van der Waals surface area contributed by atoms with Crippen LogP contribution >= 0.6 is 34.9 Å². The number of benzene rings is 1. The van der Waals surface area contributed by atoms with Gasteiger partial charge in [0.15, 0.2) is 5.16 Å². The average molecular weight is 518 g/mol. The minimum absolute atomic E-state index is 0.0606. The molecule has 6 nitrogen and oxygen atoms in total. The van der Waals surface area contributed by atoms with Gasteiger partial charge in [-0.2, -0.15) is 0 Å². The van der Waals surface area contributed by atoms with E-state index in [1.54, 1.807) is 23.1 Å². The van der Waals surface area contributed by atoms with Gasteiger partial charge in [-0.3, -0.25) is 4.79 Å². The molecule has 0 unspecified atom stereocenters. The predicted molar refractivity (Wildman–Crippen MR) is 143 cm³/mol. The van der Waals surface area contributed by atoms with E-state index in [9.17, 15) is 4.79 Å². The Morgan fingerprint density at radius 1 is 1.21 bits per heavy atom. The van der Waals surface area contributed by atoms with Crippen LogP contribution in [0.15, 0.2) is 34.4 Å². The molecule has 0 radical (unpaired) electrons. The van der Waals surface area contributed by atoms with Crippen LogP contribution in [0.4, 0.5) is 5.69 Å². The number of fused-ring (bicyclic) bond motifs is 3. The molecule has 0 bridgehead atoms. The normalized spacial score (nSPS) is 17.5. The standard InChI is InChI=1S/C25H31N3O3S3/c1-5-12-32-24-27-22(33-15-20(29)26-16-8-10-17(11-9-16)30-7-3)21-18-13-25(4,6-2)31-14-19(18)34-23(21)28-24/h8-11H,5-7,12-15H2,1-4H3,(H,26,29)/t25-/m1/s1.